The summed E-state index contributed by atoms with van der Waals surface area (Å²) in [6.45, 7) is 2.86. The first-order chi connectivity index (χ1) is 16.0. The average molecular weight is 448 g/mol. The standard InChI is InChI=1S/C25H25FN4O3/c1-17-20(25(32)29-22-12-6-5-11-21(22)26)14-27-24(28-17)18-8-7-13-30(15-18)23(31)16-33-19-9-3-2-4-10-19/h2-6,9-12,14,18H,7-8,13,15-16H2,1H3,(H,29,32)/t18-/m1/s1. The summed E-state index contributed by atoms with van der Waals surface area (Å²) in [5.74, 6) is 0.161. The highest BCUT2D eigenvalue weighted by Gasteiger charge is 2.27. The van der Waals surface area contributed by atoms with Crippen LogP contribution in [0.2, 0.25) is 0 Å². The number of ether oxygens (including phenoxy) is 1. The molecule has 3 aromatic rings. The van der Waals surface area contributed by atoms with E-state index in [-0.39, 0.29) is 29.7 Å². The number of piperidine rings is 1. The third-order valence-electron chi connectivity index (χ3n) is 5.61. The van der Waals surface area contributed by atoms with Gasteiger partial charge in [-0.1, -0.05) is 30.3 Å². The van der Waals surface area contributed by atoms with Crippen LogP contribution in [-0.2, 0) is 4.79 Å². The number of para-hydroxylation sites is 2. The number of benzene rings is 2. The third kappa shape index (κ3) is 5.52. The predicted molar refractivity (Wildman–Crippen MR) is 122 cm³/mol. The summed E-state index contributed by atoms with van der Waals surface area (Å²) >= 11 is 0. The number of carbonyl (C=O) groups excluding carboxylic acids is 2. The van der Waals surface area contributed by atoms with E-state index >= 15 is 0 Å². The number of anilines is 1. The highest BCUT2D eigenvalue weighted by Crippen LogP contribution is 2.25. The molecule has 1 aliphatic heterocycles. The second-order valence-electron chi connectivity index (χ2n) is 7.94. The SMILES string of the molecule is Cc1nc([C@@H]2CCCN(C(=O)COc3ccccc3)C2)ncc1C(=O)Nc1ccccc1F. The minimum atomic E-state index is -0.510. The Morgan fingerprint density at radius 1 is 1.15 bits per heavy atom. The Labute approximate surface area is 191 Å². The molecule has 1 fully saturated rings. The van der Waals surface area contributed by atoms with Gasteiger partial charge in [0, 0.05) is 25.2 Å². The monoisotopic (exact) mass is 448 g/mol. The minimum absolute atomic E-state index is 0.0221. The first kappa shape index (κ1) is 22.4. The highest BCUT2D eigenvalue weighted by atomic mass is 19.1. The van der Waals surface area contributed by atoms with E-state index in [9.17, 15) is 14.0 Å². The summed E-state index contributed by atoms with van der Waals surface area (Å²) in [5, 5.41) is 2.56. The van der Waals surface area contributed by atoms with Crippen LogP contribution in [0, 0.1) is 12.7 Å². The maximum atomic E-state index is 13.8. The van der Waals surface area contributed by atoms with Gasteiger partial charge in [0.25, 0.3) is 11.8 Å². The van der Waals surface area contributed by atoms with Crippen LogP contribution in [0.4, 0.5) is 10.1 Å². The fraction of sp³-hybridized carbons (Fsp3) is 0.280. The number of likely N-dealkylation sites (tertiary alicyclic amines) is 1. The summed E-state index contributed by atoms with van der Waals surface area (Å²) in [5.41, 5.74) is 0.886. The fourth-order valence-corrected chi connectivity index (χ4v) is 3.82. The van der Waals surface area contributed by atoms with Crippen molar-refractivity contribution in [2.75, 3.05) is 25.0 Å². The smallest absolute Gasteiger partial charge is 0.260 e. The molecule has 1 aliphatic rings. The van der Waals surface area contributed by atoms with Crippen LogP contribution in [0.15, 0.2) is 60.8 Å². The number of rotatable bonds is 6. The number of hydrogen-bond donors (Lipinski definition) is 1. The van der Waals surface area contributed by atoms with Gasteiger partial charge in [0.15, 0.2) is 6.61 Å². The summed E-state index contributed by atoms with van der Waals surface area (Å²) in [4.78, 5) is 35.9. The summed E-state index contributed by atoms with van der Waals surface area (Å²) in [7, 11) is 0. The molecule has 1 saturated heterocycles. The number of halogens is 1. The molecule has 8 heteroatoms. The summed E-state index contributed by atoms with van der Waals surface area (Å²) in [6.07, 6.45) is 3.15. The van der Waals surface area contributed by atoms with E-state index in [0.717, 1.165) is 12.8 Å². The minimum Gasteiger partial charge on any atom is -0.484 e. The number of nitrogens with one attached hydrogen (secondary N) is 1. The van der Waals surface area contributed by atoms with Gasteiger partial charge in [0.1, 0.15) is 17.4 Å². The van der Waals surface area contributed by atoms with Crippen LogP contribution in [-0.4, -0.2) is 46.4 Å². The molecule has 33 heavy (non-hydrogen) atoms. The van der Waals surface area contributed by atoms with Gasteiger partial charge in [-0.3, -0.25) is 9.59 Å². The number of aromatic nitrogens is 2. The van der Waals surface area contributed by atoms with Crippen LogP contribution in [0.3, 0.4) is 0 Å². The molecule has 0 spiro atoms. The van der Waals surface area contributed by atoms with Gasteiger partial charge in [0.2, 0.25) is 0 Å². The lowest BCUT2D eigenvalue weighted by Crippen LogP contribution is -2.42. The Hall–Kier alpha value is -3.81. The van der Waals surface area contributed by atoms with E-state index in [1.807, 2.05) is 30.3 Å². The lowest BCUT2D eigenvalue weighted by Gasteiger charge is -2.32. The average Bonchev–Trinajstić information content (AvgIpc) is 2.84. The third-order valence-corrected chi connectivity index (χ3v) is 5.61. The molecule has 4 rings (SSSR count). The summed E-state index contributed by atoms with van der Waals surface area (Å²) in [6, 6.07) is 15.2. The predicted octanol–water partition coefficient (Wildman–Crippen LogP) is 3.96. The Balaban J connectivity index is 1.39. The van der Waals surface area contributed by atoms with E-state index in [1.165, 1.54) is 18.3 Å². The Morgan fingerprint density at radius 3 is 2.67 bits per heavy atom. The maximum absolute atomic E-state index is 13.8. The molecule has 0 aliphatic carbocycles. The zero-order valence-electron chi connectivity index (χ0n) is 18.3. The summed E-state index contributed by atoms with van der Waals surface area (Å²) < 4.78 is 19.4. The Morgan fingerprint density at radius 2 is 1.91 bits per heavy atom. The van der Waals surface area contributed by atoms with Gasteiger partial charge in [0.05, 0.1) is 16.9 Å². The van der Waals surface area contributed by atoms with Crippen molar-refractivity contribution < 1.29 is 18.7 Å². The normalized spacial score (nSPS) is 15.7. The Kier molecular flexibility index (Phi) is 6.92. The maximum Gasteiger partial charge on any atom is 0.260 e. The lowest BCUT2D eigenvalue weighted by molar-refractivity contribution is -0.134. The largest absolute Gasteiger partial charge is 0.484 e. The van der Waals surface area contributed by atoms with Crippen molar-refractivity contribution in [3.63, 3.8) is 0 Å². The molecule has 2 aromatic carbocycles. The van der Waals surface area contributed by atoms with Gasteiger partial charge in [-0.05, 0) is 44.0 Å². The molecule has 0 saturated carbocycles. The first-order valence-electron chi connectivity index (χ1n) is 10.9. The molecule has 0 radical (unpaired) electrons. The lowest BCUT2D eigenvalue weighted by atomic mass is 9.97. The molecule has 1 atom stereocenters. The van der Waals surface area contributed by atoms with Crippen LogP contribution < -0.4 is 10.1 Å². The Bertz CT molecular complexity index is 1140. The van der Waals surface area contributed by atoms with E-state index in [4.69, 9.17) is 4.74 Å². The number of amides is 2. The molecule has 7 nitrogen and oxygen atoms in total. The zero-order valence-corrected chi connectivity index (χ0v) is 18.3. The number of aryl methyl sites for hydroxylation is 1. The van der Waals surface area contributed by atoms with Crippen molar-refractivity contribution in [3.8, 4) is 5.75 Å². The molecule has 0 unspecified atom stereocenters. The number of carbonyl (C=O) groups is 2. The molecule has 0 bridgehead atoms. The van der Waals surface area contributed by atoms with Crippen LogP contribution in [0.1, 0.15) is 40.6 Å². The van der Waals surface area contributed by atoms with Crippen molar-refractivity contribution in [2.45, 2.75) is 25.7 Å². The van der Waals surface area contributed by atoms with E-state index in [2.05, 4.69) is 15.3 Å². The number of hydrogen-bond acceptors (Lipinski definition) is 5. The van der Waals surface area contributed by atoms with E-state index in [0.29, 0.717) is 30.4 Å². The van der Waals surface area contributed by atoms with Crippen LogP contribution in [0.5, 0.6) is 5.75 Å². The van der Waals surface area contributed by atoms with Crippen molar-refractivity contribution in [1.82, 2.24) is 14.9 Å². The fourth-order valence-electron chi connectivity index (χ4n) is 3.82. The molecule has 1 aromatic heterocycles. The van der Waals surface area contributed by atoms with Gasteiger partial charge in [-0.25, -0.2) is 14.4 Å². The van der Waals surface area contributed by atoms with Crippen LogP contribution >= 0.6 is 0 Å². The van der Waals surface area contributed by atoms with Crippen molar-refractivity contribution >= 4 is 17.5 Å². The van der Waals surface area contributed by atoms with Crippen LogP contribution in [0.25, 0.3) is 0 Å². The van der Waals surface area contributed by atoms with Gasteiger partial charge in [-0.15, -0.1) is 0 Å². The van der Waals surface area contributed by atoms with Crippen molar-refractivity contribution in [2.24, 2.45) is 0 Å². The number of nitrogens with zero attached hydrogens (tertiary/aromatic N) is 3. The molecule has 2 heterocycles. The first-order valence-corrected chi connectivity index (χ1v) is 10.9. The highest BCUT2D eigenvalue weighted by molar-refractivity contribution is 6.04. The van der Waals surface area contributed by atoms with Gasteiger partial charge < -0.3 is 15.0 Å². The molecule has 2 amide bonds. The van der Waals surface area contributed by atoms with Crippen molar-refractivity contribution in [3.05, 3.63) is 83.7 Å². The quantitative estimate of drug-likeness (QED) is 0.617. The van der Waals surface area contributed by atoms with Gasteiger partial charge in [-0.2, -0.15) is 0 Å². The molecular formula is C25H25FN4O3. The van der Waals surface area contributed by atoms with E-state index in [1.54, 1.807) is 24.0 Å². The van der Waals surface area contributed by atoms with Crippen molar-refractivity contribution in [1.29, 1.82) is 0 Å². The second-order valence-corrected chi connectivity index (χ2v) is 7.94. The van der Waals surface area contributed by atoms with Gasteiger partial charge >= 0.3 is 0 Å². The molecular weight excluding hydrogens is 423 g/mol. The topological polar surface area (TPSA) is 84.4 Å². The second kappa shape index (κ2) is 10.2. The molecule has 170 valence electrons. The zero-order chi connectivity index (χ0) is 23.2. The molecule has 1 N–H and O–H groups in total. The van der Waals surface area contributed by atoms with E-state index < -0.39 is 11.7 Å².